The highest BCUT2D eigenvalue weighted by Gasteiger charge is 2.18. The highest BCUT2D eigenvalue weighted by Crippen LogP contribution is 2.12. The first kappa shape index (κ1) is 37.0. The number of unbranched alkanes of at least 4 members (excludes halogenated alkanes) is 11. The maximum Gasteiger partial charge on any atom is 0.222 e. The average molecular weight is 546 g/mol. The monoisotopic (exact) mass is 545 g/mol. The number of rotatable bonds is 30. The van der Waals surface area contributed by atoms with Gasteiger partial charge in [0.2, 0.25) is 5.91 Å². The molecule has 8 nitrogen and oxygen atoms in total. The summed E-state index contributed by atoms with van der Waals surface area (Å²) in [5.41, 5.74) is 0. The lowest BCUT2D eigenvalue weighted by molar-refractivity contribution is -0.124. The molecule has 0 radical (unpaired) electrons. The highest BCUT2D eigenvalue weighted by atomic mass is 16.6. The molecule has 0 fully saturated rings. The van der Waals surface area contributed by atoms with Crippen LogP contribution in [0.1, 0.15) is 104 Å². The van der Waals surface area contributed by atoms with Crippen LogP contribution in [0.15, 0.2) is 12.2 Å². The summed E-state index contributed by atoms with van der Waals surface area (Å²) >= 11 is 0. The zero-order valence-electron chi connectivity index (χ0n) is 24.5. The number of ether oxygens (including phenoxy) is 4. The third kappa shape index (κ3) is 26.6. The summed E-state index contributed by atoms with van der Waals surface area (Å²) in [5.74, 6) is -0.263. The fraction of sp³-hybridized carbons (Fsp3) is 0.900. The van der Waals surface area contributed by atoms with Crippen LogP contribution in [0.5, 0.6) is 0 Å². The summed E-state index contributed by atoms with van der Waals surface area (Å²) in [6.45, 7) is 7.99. The molecule has 3 N–H and O–H groups in total. The van der Waals surface area contributed by atoms with Gasteiger partial charge in [0.25, 0.3) is 0 Å². The molecule has 0 saturated heterocycles. The lowest BCUT2D eigenvalue weighted by Crippen LogP contribution is -2.45. The van der Waals surface area contributed by atoms with Crippen molar-refractivity contribution in [3.05, 3.63) is 12.2 Å². The van der Waals surface area contributed by atoms with E-state index in [1.807, 2.05) is 6.08 Å². The highest BCUT2D eigenvalue weighted by molar-refractivity contribution is 5.76. The van der Waals surface area contributed by atoms with E-state index in [1.54, 1.807) is 6.08 Å². The van der Waals surface area contributed by atoms with Crippen molar-refractivity contribution in [3.63, 3.8) is 0 Å². The van der Waals surface area contributed by atoms with Gasteiger partial charge in [-0.3, -0.25) is 4.79 Å². The molecule has 0 rings (SSSR count). The van der Waals surface area contributed by atoms with E-state index in [-0.39, 0.29) is 25.5 Å². The number of carbonyl (C=O) groups excluding carboxylic acids is 1. The van der Waals surface area contributed by atoms with Crippen molar-refractivity contribution < 1.29 is 34.0 Å². The first-order chi connectivity index (χ1) is 18.7. The molecular formula is C30H59NO7. The van der Waals surface area contributed by atoms with Gasteiger partial charge in [0.05, 0.1) is 65.0 Å². The third-order valence-corrected chi connectivity index (χ3v) is 6.20. The van der Waals surface area contributed by atoms with Gasteiger partial charge in [-0.1, -0.05) is 90.2 Å². The molecule has 0 aromatic heterocycles. The van der Waals surface area contributed by atoms with Crippen LogP contribution in [-0.2, 0) is 23.7 Å². The molecule has 2 atom stereocenters. The minimum Gasteiger partial charge on any atom is -0.394 e. The number of aliphatic hydroxyl groups is 2. The van der Waals surface area contributed by atoms with Gasteiger partial charge in [-0.2, -0.15) is 0 Å². The normalized spacial score (nSPS) is 13.3. The molecule has 0 unspecified atom stereocenters. The lowest BCUT2D eigenvalue weighted by atomic mass is 10.0. The average Bonchev–Trinajstić information content (AvgIpc) is 2.92. The molecule has 0 aromatic rings. The smallest absolute Gasteiger partial charge is 0.222 e. The van der Waals surface area contributed by atoms with Gasteiger partial charge in [0, 0.05) is 13.0 Å². The van der Waals surface area contributed by atoms with Crippen LogP contribution < -0.4 is 5.32 Å². The van der Waals surface area contributed by atoms with Gasteiger partial charge in [0.1, 0.15) is 0 Å². The summed E-state index contributed by atoms with van der Waals surface area (Å²) in [4.78, 5) is 12.1. The molecule has 0 aliphatic carbocycles. The minimum absolute atomic E-state index is 0.159. The van der Waals surface area contributed by atoms with Crippen LogP contribution in [0.3, 0.4) is 0 Å². The Kier molecular flexibility index (Phi) is 29.7. The van der Waals surface area contributed by atoms with Gasteiger partial charge in [0.15, 0.2) is 0 Å². The van der Waals surface area contributed by atoms with Crippen molar-refractivity contribution in [2.24, 2.45) is 0 Å². The second-order valence-corrected chi connectivity index (χ2v) is 9.80. The molecule has 0 heterocycles. The molecule has 0 bridgehead atoms. The molecule has 0 spiro atoms. The van der Waals surface area contributed by atoms with Crippen LogP contribution in [0.4, 0.5) is 0 Å². The number of amides is 1. The van der Waals surface area contributed by atoms with E-state index in [0.717, 1.165) is 25.9 Å². The predicted octanol–water partition coefficient (Wildman–Crippen LogP) is 4.95. The van der Waals surface area contributed by atoms with Crippen LogP contribution in [0.2, 0.25) is 0 Å². The standard InChI is InChI=1S/C30H59NO7/c1-3-5-6-7-8-9-10-11-12-13-14-15-16-17-29(33)28(27-32)31-30(34)18-20-36-22-24-38-26-25-37-23-21-35-19-4-2/h16-17,28-29,32-33H,3-15,18-27H2,1-2H3,(H,31,34)/b17-16+/t28-,29+/m0/s1. The van der Waals surface area contributed by atoms with Crippen molar-refractivity contribution in [3.8, 4) is 0 Å². The maximum absolute atomic E-state index is 12.1. The summed E-state index contributed by atoms with van der Waals surface area (Å²) < 4.78 is 21.5. The fourth-order valence-electron chi connectivity index (χ4n) is 3.89. The van der Waals surface area contributed by atoms with Crippen molar-refractivity contribution in [2.75, 3.05) is 59.5 Å². The van der Waals surface area contributed by atoms with Crippen molar-refractivity contribution in [1.29, 1.82) is 0 Å². The molecule has 0 aromatic carbocycles. The second kappa shape index (κ2) is 30.5. The summed E-state index contributed by atoms with van der Waals surface area (Å²) in [6.07, 6.45) is 19.1. The SMILES string of the molecule is CCCCCCCCCCCCC/C=C/[C@@H](O)[C@H](CO)NC(=O)CCOCCOCCOCCOCCC. The number of hydrogen-bond donors (Lipinski definition) is 3. The number of allylic oxidation sites excluding steroid dienone is 1. The molecule has 38 heavy (non-hydrogen) atoms. The first-order valence-corrected chi connectivity index (χ1v) is 15.2. The van der Waals surface area contributed by atoms with Crippen molar-refractivity contribution in [1.82, 2.24) is 5.32 Å². The van der Waals surface area contributed by atoms with Gasteiger partial charge in [-0.15, -0.1) is 0 Å². The van der Waals surface area contributed by atoms with Gasteiger partial charge >= 0.3 is 0 Å². The van der Waals surface area contributed by atoms with E-state index >= 15 is 0 Å². The number of carbonyl (C=O) groups is 1. The Morgan fingerprint density at radius 2 is 1.16 bits per heavy atom. The first-order valence-electron chi connectivity index (χ1n) is 15.2. The Morgan fingerprint density at radius 3 is 1.66 bits per heavy atom. The summed E-state index contributed by atoms with van der Waals surface area (Å²) in [5, 5.41) is 22.5. The van der Waals surface area contributed by atoms with E-state index in [0.29, 0.717) is 39.6 Å². The minimum atomic E-state index is -0.911. The van der Waals surface area contributed by atoms with Crippen LogP contribution >= 0.6 is 0 Å². The quantitative estimate of drug-likeness (QED) is 0.0866. The fourth-order valence-corrected chi connectivity index (χ4v) is 3.89. The predicted molar refractivity (Wildman–Crippen MR) is 153 cm³/mol. The van der Waals surface area contributed by atoms with Crippen LogP contribution in [-0.4, -0.2) is 87.7 Å². The largest absolute Gasteiger partial charge is 0.394 e. The van der Waals surface area contributed by atoms with E-state index in [4.69, 9.17) is 18.9 Å². The summed E-state index contributed by atoms with van der Waals surface area (Å²) in [6, 6.07) is -0.716. The second-order valence-electron chi connectivity index (χ2n) is 9.80. The number of aliphatic hydroxyl groups excluding tert-OH is 2. The molecular weight excluding hydrogens is 486 g/mol. The topological polar surface area (TPSA) is 106 Å². The van der Waals surface area contributed by atoms with Crippen LogP contribution in [0.25, 0.3) is 0 Å². The number of hydrogen-bond acceptors (Lipinski definition) is 7. The van der Waals surface area contributed by atoms with E-state index in [9.17, 15) is 15.0 Å². The molecule has 1 amide bonds. The molecule has 0 saturated carbocycles. The zero-order chi connectivity index (χ0) is 27.9. The van der Waals surface area contributed by atoms with Crippen molar-refractivity contribution >= 4 is 5.91 Å². The van der Waals surface area contributed by atoms with Crippen LogP contribution in [0, 0.1) is 0 Å². The Labute approximate surface area is 232 Å². The Bertz CT molecular complexity index is 519. The van der Waals surface area contributed by atoms with E-state index in [1.165, 1.54) is 64.2 Å². The summed E-state index contributed by atoms with van der Waals surface area (Å²) in [7, 11) is 0. The van der Waals surface area contributed by atoms with Gasteiger partial charge in [-0.05, 0) is 19.3 Å². The zero-order valence-corrected chi connectivity index (χ0v) is 24.5. The number of nitrogens with one attached hydrogen (secondary N) is 1. The Morgan fingerprint density at radius 1 is 0.684 bits per heavy atom. The van der Waals surface area contributed by atoms with Crippen molar-refractivity contribution in [2.45, 2.75) is 116 Å². The lowest BCUT2D eigenvalue weighted by Gasteiger charge is -2.20. The van der Waals surface area contributed by atoms with E-state index in [2.05, 4.69) is 19.2 Å². The maximum atomic E-state index is 12.1. The molecule has 8 heteroatoms. The third-order valence-electron chi connectivity index (χ3n) is 6.20. The van der Waals surface area contributed by atoms with Gasteiger partial charge in [-0.25, -0.2) is 0 Å². The molecule has 0 aliphatic heterocycles. The Hall–Kier alpha value is -1.03. The van der Waals surface area contributed by atoms with Gasteiger partial charge < -0.3 is 34.5 Å². The Balaban J connectivity index is 3.63. The van der Waals surface area contributed by atoms with E-state index < -0.39 is 12.1 Å². The molecule has 0 aliphatic rings. The molecule has 226 valence electrons.